The first-order valence-corrected chi connectivity index (χ1v) is 6.39. The fourth-order valence-electron chi connectivity index (χ4n) is 1.49. The van der Waals surface area contributed by atoms with E-state index in [1.54, 1.807) is 12.1 Å². The van der Waals surface area contributed by atoms with Gasteiger partial charge in [-0.2, -0.15) is 0 Å². The van der Waals surface area contributed by atoms with Gasteiger partial charge in [-0.05, 0) is 45.6 Å². The molecule has 3 N–H and O–H groups in total. The van der Waals surface area contributed by atoms with Gasteiger partial charge in [-0.1, -0.05) is 23.2 Å². The first-order valence-electron chi connectivity index (χ1n) is 5.64. The molecule has 0 fully saturated rings. The van der Waals surface area contributed by atoms with Gasteiger partial charge in [0.1, 0.15) is 0 Å². The zero-order valence-corrected chi connectivity index (χ0v) is 11.8. The molecule has 0 aromatic heterocycles. The summed E-state index contributed by atoms with van der Waals surface area (Å²) in [4.78, 5) is 2.17. The van der Waals surface area contributed by atoms with Gasteiger partial charge in [0.15, 0.2) is 0 Å². The SMILES string of the molecule is CN(C)CCCCNc1cc(Cl)c(Cl)cc1N. The highest BCUT2D eigenvalue weighted by Crippen LogP contribution is 2.30. The van der Waals surface area contributed by atoms with Gasteiger partial charge in [-0.3, -0.25) is 0 Å². The van der Waals surface area contributed by atoms with Crippen LogP contribution in [0, 0.1) is 0 Å². The van der Waals surface area contributed by atoms with E-state index in [-0.39, 0.29) is 0 Å². The van der Waals surface area contributed by atoms with E-state index in [1.807, 2.05) is 0 Å². The summed E-state index contributed by atoms with van der Waals surface area (Å²) in [5, 5.41) is 4.28. The normalized spacial score (nSPS) is 10.9. The number of nitrogens with one attached hydrogen (secondary N) is 1. The van der Waals surface area contributed by atoms with E-state index >= 15 is 0 Å². The Kier molecular flexibility index (Phi) is 5.89. The lowest BCUT2D eigenvalue weighted by molar-refractivity contribution is 0.396. The van der Waals surface area contributed by atoms with Gasteiger partial charge < -0.3 is 16.0 Å². The van der Waals surface area contributed by atoms with Crippen molar-refractivity contribution >= 4 is 34.6 Å². The Morgan fingerprint density at radius 2 is 1.82 bits per heavy atom. The Labute approximate surface area is 113 Å². The molecule has 0 unspecified atom stereocenters. The average molecular weight is 276 g/mol. The number of hydrogen-bond donors (Lipinski definition) is 2. The lowest BCUT2D eigenvalue weighted by Crippen LogP contribution is -2.14. The molecule has 96 valence electrons. The smallest absolute Gasteiger partial charge is 0.0614 e. The zero-order valence-electron chi connectivity index (χ0n) is 10.3. The molecule has 0 atom stereocenters. The van der Waals surface area contributed by atoms with Crippen molar-refractivity contribution < 1.29 is 0 Å². The highest BCUT2D eigenvalue weighted by atomic mass is 35.5. The fraction of sp³-hybridized carbons (Fsp3) is 0.500. The minimum absolute atomic E-state index is 0.488. The van der Waals surface area contributed by atoms with E-state index in [1.165, 1.54) is 0 Å². The van der Waals surface area contributed by atoms with E-state index < -0.39 is 0 Å². The molecular weight excluding hydrogens is 257 g/mol. The minimum Gasteiger partial charge on any atom is -0.397 e. The minimum atomic E-state index is 0.488. The summed E-state index contributed by atoms with van der Waals surface area (Å²) in [6.45, 7) is 1.98. The topological polar surface area (TPSA) is 41.3 Å². The molecule has 0 bridgehead atoms. The van der Waals surface area contributed by atoms with Crippen molar-refractivity contribution in [3.05, 3.63) is 22.2 Å². The van der Waals surface area contributed by atoms with Crippen LogP contribution >= 0.6 is 23.2 Å². The van der Waals surface area contributed by atoms with Gasteiger partial charge >= 0.3 is 0 Å². The quantitative estimate of drug-likeness (QED) is 0.618. The molecule has 0 saturated heterocycles. The van der Waals surface area contributed by atoms with Crippen LogP contribution in [0.15, 0.2) is 12.1 Å². The molecule has 1 aromatic rings. The summed E-state index contributed by atoms with van der Waals surface area (Å²) in [6.07, 6.45) is 2.25. The fourth-order valence-corrected chi connectivity index (χ4v) is 1.83. The van der Waals surface area contributed by atoms with Gasteiger partial charge in [-0.25, -0.2) is 0 Å². The number of anilines is 2. The van der Waals surface area contributed by atoms with E-state index in [9.17, 15) is 0 Å². The second-order valence-corrected chi connectivity index (χ2v) is 5.11. The third-order valence-electron chi connectivity index (χ3n) is 2.44. The highest BCUT2D eigenvalue weighted by molar-refractivity contribution is 6.42. The van der Waals surface area contributed by atoms with Gasteiger partial charge in [0.05, 0.1) is 21.4 Å². The summed E-state index contributed by atoms with van der Waals surface area (Å²) in [5.41, 5.74) is 7.32. The lowest BCUT2D eigenvalue weighted by Gasteiger charge is -2.12. The van der Waals surface area contributed by atoms with Crippen molar-refractivity contribution in [3.63, 3.8) is 0 Å². The molecule has 0 saturated carbocycles. The van der Waals surface area contributed by atoms with Crippen molar-refractivity contribution in [1.29, 1.82) is 0 Å². The molecule has 5 heteroatoms. The lowest BCUT2D eigenvalue weighted by atomic mass is 10.2. The number of hydrogen-bond acceptors (Lipinski definition) is 3. The molecule has 0 radical (unpaired) electrons. The van der Waals surface area contributed by atoms with Gasteiger partial charge in [-0.15, -0.1) is 0 Å². The standard InChI is InChI=1S/C12H19Cl2N3/c1-17(2)6-4-3-5-16-12-8-10(14)9(13)7-11(12)15/h7-8,16H,3-6,15H2,1-2H3. The van der Waals surface area contributed by atoms with Crippen LogP contribution in [0.1, 0.15) is 12.8 Å². The van der Waals surface area contributed by atoms with Crippen LogP contribution in [0.5, 0.6) is 0 Å². The Balaban J connectivity index is 2.39. The molecule has 0 aliphatic rings. The average Bonchev–Trinajstić information content (AvgIpc) is 2.24. The first kappa shape index (κ1) is 14.4. The van der Waals surface area contributed by atoms with E-state index in [0.717, 1.165) is 31.6 Å². The number of benzene rings is 1. The van der Waals surface area contributed by atoms with Crippen LogP contribution in [-0.4, -0.2) is 32.1 Å². The molecule has 1 aromatic carbocycles. The number of nitrogens with two attached hydrogens (primary N) is 1. The number of nitrogen functional groups attached to an aromatic ring is 1. The maximum atomic E-state index is 5.93. The monoisotopic (exact) mass is 275 g/mol. The molecule has 1 rings (SSSR count). The van der Waals surface area contributed by atoms with Gasteiger partial charge in [0.2, 0.25) is 0 Å². The van der Waals surface area contributed by atoms with Crippen molar-refractivity contribution in [1.82, 2.24) is 4.90 Å². The van der Waals surface area contributed by atoms with Crippen LogP contribution < -0.4 is 11.1 Å². The van der Waals surface area contributed by atoms with E-state index in [2.05, 4.69) is 24.3 Å². The number of nitrogens with zero attached hydrogens (tertiary/aromatic N) is 1. The second-order valence-electron chi connectivity index (χ2n) is 4.29. The Morgan fingerprint density at radius 1 is 1.18 bits per heavy atom. The molecule has 0 spiro atoms. The molecule has 17 heavy (non-hydrogen) atoms. The van der Waals surface area contributed by atoms with Gasteiger partial charge in [0, 0.05) is 6.54 Å². The van der Waals surface area contributed by atoms with Crippen LogP contribution in [0.25, 0.3) is 0 Å². The van der Waals surface area contributed by atoms with E-state index in [0.29, 0.717) is 15.7 Å². The Bertz CT molecular complexity index is 367. The van der Waals surface area contributed by atoms with Crippen LogP contribution in [0.4, 0.5) is 11.4 Å². The Hall–Kier alpha value is -0.640. The number of unbranched alkanes of at least 4 members (excludes halogenated alkanes) is 1. The molecule has 0 aliphatic carbocycles. The number of halogens is 2. The van der Waals surface area contributed by atoms with Crippen molar-refractivity contribution in [2.24, 2.45) is 0 Å². The van der Waals surface area contributed by atoms with Crippen molar-refractivity contribution in [2.75, 3.05) is 38.2 Å². The third kappa shape index (κ3) is 5.02. The molecular formula is C12H19Cl2N3. The first-order chi connectivity index (χ1) is 8.00. The van der Waals surface area contributed by atoms with Crippen LogP contribution in [-0.2, 0) is 0 Å². The summed E-state index contributed by atoms with van der Waals surface area (Å²) < 4.78 is 0. The predicted molar refractivity (Wildman–Crippen MR) is 77.2 cm³/mol. The van der Waals surface area contributed by atoms with Gasteiger partial charge in [0.25, 0.3) is 0 Å². The zero-order chi connectivity index (χ0) is 12.8. The summed E-state index contributed by atoms with van der Waals surface area (Å²) in [5.74, 6) is 0. The third-order valence-corrected chi connectivity index (χ3v) is 3.16. The molecule has 0 amide bonds. The summed E-state index contributed by atoms with van der Waals surface area (Å²) >= 11 is 11.8. The molecule has 3 nitrogen and oxygen atoms in total. The maximum Gasteiger partial charge on any atom is 0.0614 e. The Morgan fingerprint density at radius 3 is 2.47 bits per heavy atom. The largest absolute Gasteiger partial charge is 0.397 e. The summed E-state index contributed by atoms with van der Waals surface area (Å²) in [6, 6.07) is 3.44. The van der Waals surface area contributed by atoms with Crippen LogP contribution in [0.2, 0.25) is 10.0 Å². The molecule has 0 aliphatic heterocycles. The van der Waals surface area contributed by atoms with Crippen LogP contribution in [0.3, 0.4) is 0 Å². The second kappa shape index (κ2) is 6.94. The predicted octanol–water partition coefficient (Wildman–Crippen LogP) is 3.33. The summed E-state index contributed by atoms with van der Waals surface area (Å²) in [7, 11) is 4.15. The highest BCUT2D eigenvalue weighted by Gasteiger charge is 2.04. The number of rotatable bonds is 6. The van der Waals surface area contributed by atoms with E-state index in [4.69, 9.17) is 28.9 Å². The maximum absolute atomic E-state index is 5.93. The molecule has 0 heterocycles. The van der Waals surface area contributed by atoms with Crippen molar-refractivity contribution in [2.45, 2.75) is 12.8 Å². The van der Waals surface area contributed by atoms with Crippen molar-refractivity contribution in [3.8, 4) is 0 Å².